The predicted molar refractivity (Wildman–Crippen MR) is 84.1 cm³/mol. The molecule has 0 aliphatic rings. The van der Waals surface area contributed by atoms with Crippen LogP contribution >= 0.6 is 0 Å². The third-order valence-corrected chi connectivity index (χ3v) is 2.90. The number of rotatable bonds is 6. The monoisotopic (exact) mass is 287 g/mol. The molecule has 21 heavy (non-hydrogen) atoms. The van der Waals surface area contributed by atoms with E-state index in [0.717, 1.165) is 22.5 Å². The first-order chi connectivity index (χ1) is 10.1. The van der Waals surface area contributed by atoms with Crippen LogP contribution in [-0.4, -0.2) is 48.0 Å². The van der Waals surface area contributed by atoms with Crippen LogP contribution in [0.25, 0.3) is 10.9 Å². The Morgan fingerprint density at radius 1 is 1.19 bits per heavy atom. The van der Waals surface area contributed by atoms with E-state index in [1.54, 1.807) is 0 Å². The zero-order valence-electron chi connectivity index (χ0n) is 12.7. The fourth-order valence-corrected chi connectivity index (χ4v) is 2.03. The molecule has 112 valence electrons. The maximum atomic E-state index is 10.9. The second-order valence-electron chi connectivity index (χ2n) is 5.15. The van der Waals surface area contributed by atoms with Gasteiger partial charge in [0.25, 0.3) is 0 Å². The first-order valence-electron chi connectivity index (χ1n) is 6.95. The highest BCUT2D eigenvalue weighted by atomic mass is 16.1. The summed E-state index contributed by atoms with van der Waals surface area (Å²) in [4.78, 5) is 22.1. The summed E-state index contributed by atoms with van der Waals surface area (Å²) >= 11 is 0. The molecule has 2 N–H and O–H groups in total. The standard InChI is InChI=1S/C15H21N5O/c1-11(21)16-8-9-17-15-12-6-4-5-7-13(12)18-14(19-15)10-20(2)3/h4-7H,8-10H2,1-3H3,(H,16,21)(H,17,18,19). The van der Waals surface area contributed by atoms with Crippen molar-refractivity contribution in [2.75, 3.05) is 32.5 Å². The van der Waals surface area contributed by atoms with E-state index in [0.29, 0.717) is 19.6 Å². The quantitative estimate of drug-likeness (QED) is 0.782. The lowest BCUT2D eigenvalue weighted by Crippen LogP contribution is -2.26. The summed E-state index contributed by atoms with van der Waals surface area (Å²) in [5.41, 5.74) is 0.923. The van der Waals surface area contributed by atoms with Gasteiger partial charge >= 0.3 is 0 Å². The lowest BCUT2D eigenvalue weighted by Gasteiger charge is -2.13. The number of benzene rings is 1. The van der Waals surface area contributed by atoms with Crippen molar-refractivity contribution in [3.8, 4) is 0 Å². The summed E-state index contributed by atoms with van der Waals surface area (Å²) in [6.07, 6.45) is 0. The Bertz CT molecular complexity index is 626. The molecule has 0 fully saturated rings. The van der Waals surface area contributed by atoms with Gasteiger partial charge in [0.2, 0.25) is 5.91 Å². The molecular weight excluding hydrogens is 266 g/mol. The Hall–Kier alpha value is -2.21. The SMILES string of the molecule is CC(=O)NCCNc1nc(CN(C)C)nc2ccccc12. The van der Waals surface area contributed by atoms with E-state index in [4.69, 9.17) is 0 Å². The highest BCUT2D eigenvalue weighted by Gasteiger charge is 2.07. The molecule has 0 atom stereocenters. The maximum Gasteiger partial charge on any atom is 0.216 e. The van der Waals surface area contributed by atoms with Crippen LogP contribution < -0.4 is 10.6 Å². The van der Waals surface area contributed by atoms with Gasteiger partial charge in [-0.1, -0.05) is 12.1 Å². The second-order valence-corrected chi connectivity index (χ2v) is 5.15. The van der Waals surface area contributed by atoms with Crippen molar-refractivity contribution in [2.24, 2.45) is 0 Å². The number of carbonyl (C=O) groups is 1. The summed E-state index contributed by atoms with van der Waals surface area (Å²) in [5.74, 6) is 1.56. The van der Waals surface area contributed by atoms with Crippen LogP contribution in [0, 0.1) is 0 Å². The maximum absolute atomic E-state index is 10.9. The van der Waals surface area contributed by atoms with Crippen LogP contribution in [0.3, 0.4) is 0 Å². The minimum Gasteiger partial charge on any atom is -0.368 e. The van der Waals surface area contributed by atoms with Gasteiger partial charge < -0.3 is 15.5 Å². The van der Waals surface area contributed by atoms with Crippen molar-refractivity contribution in [3.63, 3.8) is 0 Å². The Kier molecular flexibility index (Phi) is 5.05. The van der Waals surface area contributed by atoms with E-state index < -0.39 is 0 Å². The number of anilines is 1. The summed E-state index contributed by atoms with van der Waals surface area (Å²) in [7, 11) is 3.98. The average Bonchev–Trinajstić information content (AvgIpc) is 2.42. The van der Waals surface area contributed by atoms with Gasteiger partial charge in [-0.25, -0.2) is 9.97 Å². The van der Waals surface area contributed by atoms with Crippen LogP contribution in [-0.2, 0) is 11.3 Å². The van der Waals surface area contributed by atoms with Crippen LogP contribution in [0.15, 0.2) is 24.3 Å². The number of hydrogen-bond acceptors (Lipinski definition) is 5. The van der Waals surface area contributed by atoms with E-state index in [1.165, 1.54) is 6.92 Å². The Labute approximate surface area is 124 Å². The van der Waals surface area contributed by atoms with Crippen LogP contribution in [0.2, 0.25) is 0 Å². The largest absolute Gasteiger partial charge is 0.368 e. The molecule has 0 radical (unpaired) electrons. The van der Waals surface area contributed by atoms with E-state index in [-0.39, 0.29) is 5.91 Å². The van der Waals surface area contributed by atoms with E-state index in [1.807, 2.05) is 43.3 Å². The topological polar surface area (TPSA) is 70.2 Å². The average molecular weight is 287 g/mol. The lowest BCUT2D eigenvalue weighted by molar-refractivity contribution is -0.118. The van der Waals surface area contributed by atoms with Gasteiger partial charge in [0.15, 0.2) is 0 Å². The van der Waals surface area contributed by atoms with Gasteiger partial charge in [-0.05, 0) is 26.2 Å². The van der Waals surface area contributed by atoms with E-state index in [9.17, 15) is 4.79 Å². The minimum absolute atomic E-state index is 0.0300. The zero-order valence-corrected chi connectivity index (χ0v) is 12.7. The molecule has 1 aromatic carbocycles. The van der Waals surface area contributed by atoms with Gasteiger partial charge in [-0.2, -0.15) is 0 Å². The van der Waals surface area contributed by atoms with Gasteiger partial charge in [0, 0.05) is 25.4 Å². The van der Waals surface area contributed by atoms with Gasteiger partial charge in [-0.15, -0.1) is 0 Å². The number of amides is 1. The number of hydrogen-bond donors (Lipinski definition) is 2. The number of fused-ring (bicyclic) bond motifs is 1. The fourth-order valence-electron chi connectivity index (χ4n) is 2.03. The summed E-state index contributed by atoms with van der Waals surface area (Å²) in [5, 5.41) is 7.02. The number of carbonyl (C=O) groups excluding carboxylic acids is 1. The second kappa shape index (κ2) is 6.99. The Morgan fingerprint density at radius 3 is 2.67 bits per heavy atom. The Balaban J connectivity index is 2.20. The van der Waals surface area contributed by atoms with Crippen molar-refractivity contribution in [1.29, 1.82) is 0 Å². The first-order valence-corrected chi connectivity index (χ1v) is 6.95. The van der Waals surface area contributed by atoms with Crippen molar-refractivity contribution in [3.05, 3.63) is 30.1 Å². The number of para-hydroxylation sites is 1. The molecule has 0 saturated carbocycles. The normalized spacial score (nSPS) is 10.9. The van der Waals surface area contributed by atoms with Crippen molar-refractivity contribution in [1.82, 2.24) is 20.2 Å². The van der Waals surface area contributed by atoms with Crippen molar-refractivity contribution >= 4 is 22.6 Å². The predicted octanol–water partition coefficient (Wildman–Crippen LogP) is 1.24. The van der Waals surface area contributed by atoms with Crippen LogP contribution in [0.1, 0.15) is 12.7 Å². The molecule has 2 aromatic rings. The molecule has 0 spiro atoms. The van der Waals surface area contributed by atoms with Crippen molar-refractivity contribution < 1.29 is 4.79 Å². The third-order valence-electron chi connectivity index (χ3n) is 2.90. The molecule has 0 unspecified atom stereocenters. The molecule has 0 bridgehead atoms. The van der Waals surface area contributed by atoms with Crippen LogP contribution in [0.4, 0.5) is 5.82 Å². The molecule has 0 saturated heterocycles. The highest BCUT2D eigenvalue weighted by Crippen LogP contribution is 2.20. The lowest BCUT2D eigenvalue weighted by atomic mass is 10.2. The molecule has 0 aliphatic carbocycles. The molecule has 1 amide bonds. The van der Waals surface area contributed by atoms with Gasteiger partial charge in [0.1, 0.15) is 11.6 Å². The van der Waals surface area contributed by atoms with Crippen molar-refractivity contribution in [2.45, 2.75) is 13.5 Å². The molecule has 2 rings (SSSR count). The third kappa shape index (κ3) is 4.39. The molecule has 6 nitrogen and oxygen atoms in total. The number of nitrogens with zero attached hydrogens (tertiary/aromatic N) is 3. The minimum atomic E-state index is -0.0300. The highest BCUT2D eigenvalue weighted by molar-refractivity contribution is 5.89. The van der Waals surface area contributed by atoms with E-state index >= 15 is 0 Å². The van der Waals surface area contributed by atoms with Gasteiger partial charge in [0.05, 0.1) is 12.1 Å². The smallest absolute Gasteiger partial charge is 0.216 e. The molecule has 1 heterocycles. The molecule has 0 aliphatic heterocycles. The summed E-state index contributed by atoms with van der Waals surface area (Å²) in [6, 6.07) is 7.91. The van der Waals surface area contributed by atoms with E-state index in [2.05, 4.69) is 20.6 Å². The van der Waals surface area contributed by atoms with Crippen LogP contribution in [0.5, 0.6) is 0 Å². The first kappa shape index (κ1) is 15.2. The Morgan fingerprint density at radius 2 is 1.95 bits per heavy atom. The summed E-state index contributed by atoms with van der Waals surface area (Å²) < 4.78 is 0. The zero-order chi connectivity index (χ0) is 15.2. The summed E-state index contributed by atoms with van der Waals surface area (Å²) in [6.45, 7) is 3.39. The molecule has 6 heteroatoms. The molecular formula is C15H21N5O. The molecule has 1 aromatic heterocycles. The number of aromatic nitrogens is 2. The fraction of sp³-hybridized carbons (Fsp3) is 0.400. The van der Waals surface area contributed by atoms with Gasteiger partial charge in [-0.3, -0.25) is 4.79 Å². The number of nitrogens with one attached hydrogen (secondary N) is 2.